The molecule has 0 saturated carbocycles. The lowest BCUT2D eigenvalue weighted by atomic mass is 9.85. The zero-order valence-electron chi connectivity index (χ0n) is 11.7. The number of hydrogen-bond donors (Lipinski definition) is 1. The molecule has 0 aliphatic heterocycles. The van der Waals surface area contributed by atoms with Crippen molar-refractivity contribution in [3.63, 3.8) is 0 Å². The van der Waals surface area contributed by atoms with E-state index >= 15 is 0 Å². The number of aliphatic hydroxyl groups is 1. The van der Waals surface area contributed by atoms with Gasteiger partial charge in [-0.25, -0.2) is 0 Å². The minimum absolute atomic E-state index is 0.236. The first-order valence-electron chi connectivity index (χ1n) is 6.66. The second kappa shape index (κ2) is 6.20. The Kier molecular flexibility index (Phi) is 5.20. The van der Waals surface area contributed by atoms with Crippen LogP contribution in [0.2, 0.25) is 0 Å². The van der Waals surface area contributed by atoms with Crippen LogP contribution in [0, 0.1) is 6.92 Å². The van der Waals surface area contributed by atoms with Crippen molar-refractivity contribution in [2.75, 3.05) is 6.61 Å². The second-order valence-corrected chi connectivity index (χ2v) is 5.93. The van der Waals surface area contributed by atoms with Crippen LogP contribution in [0.3, 0.4) is 0 Å². The third-order valence-corrected chi connectivity index (χ3v) is 3.31. The molecule has 0 radical (unpaired) electrons. The molecule has 1 aromatic carbocycles. The first-order valence-corrected chi connectivity index (χ1v) is 6.66. The molecular formula is C16H26O. The summed E-state index contributed by atoms with van der Waals surface area (Å²) in [7, 11) is 0. The molecule has 0 aromatic heterocycles. The fraction of sp³-hybridized carbons (Fsp3) is 0.625. The van der Waals surface area contributed by atoms with E-state index in [9.17, 15) is 0 Å². The van der Waals surface area contributed by atoms with Crippen LogP contribution in [-0.4, -0.2) is 11.7 Å². The minimum Gasteiger partial charge on any atom is -0.396 e. The standard InChI is InChI=1S/C16H26O/c1-13-12-15(16(2,3)4)10-9-14(13)8-6-5-7-11-17/h9-10,12,17H,5-8,11H2,1-4H3. The van der Waals surface area contributed by atoms with Crippen molar-refractivity contribution in [2.24, 2.45) is 0 Å². The van der Waals surface area contributed by atoms with Gasteiger partial charge in [0.1, 0.15) is 0 Å². The van der Waals surface area contributed by atoms with Crippen LogP contribution in [0.25, 0.3) is 0 Å². The van der Waals surface area contributed by atoms with Gasteiger partial charge in [-0.3, -0.25) is 0 Å². The predicted octanol–water partition coefficient (Wildman–Crippen LogP) is 4.00. The number of aryl methyl sites for hydroxylation is 2. The fourth-order valence-electron chi connectivity index (χ4n) is 2.05. The summed E-state index contributed by atoms with van der Waals surface area (Å²) in [6.45, 7) is 9.28. The molecule has 0 spiro atoms. The summed E-state index contributed by atoms with van der Waals surface area (Å²) < 4.78 is 0. The van der Waals surface area contributed by atoms with Gasteiger partial charge in [0.25, 0.3) is 0 Å². The van der Waals surface area contributed by atoms with Crippen LogP contribution < -0.4 is 0 Å². The first kappa shape index (κ1) is 14.2. The highest BCUT2D eigenvalue weighted by Crippen LogP contribution is 2.25. The van der Waals surface area contributed by atoms with Crippen LogP contribution >= 0.6 is 0 Å². The van der Waals surface area contributed by atoms with Crippen molar-refractivity contribution in [3.05, 3.63) is 34.9 Å². The van der Waals surface area contributed by atoms with Crippen molar-refractivity contribution in [1.29, 1.82) is 0 Å². The Morgan fingerprint density at radius 3 is 2.29 bits per heavy atom. The third-order valence-electron chi connectivity index (χ3n) is 3.31. The first-order chi connectivity index (χ1) is 7.95. The lowest BCUT2D eigenvalue weighted by Crippen LogP contribution is -2.11. The number of hydrogen-bond acceptors (Lipinski definition) is 1. The average molecular weight is 234 g/mol. The molecule has 1 nitrogen and oxygen atoms in total. The SMILES string of the molecule is Cc1cc(C(C)(C)C)ccc1CCCCCO. The van der Waals surface area contributed by atoms with E-state index in [2.05, 4.69) is 45.9 Å². The van der Waals surface area contributed by atoms with Gasteiger partial charge in [-0.15, -0.1) is 0 Å². The number of benzene rings is 1. The molecular weight excluding hydrogens is 208 g/mol. The van der Waals surface area contributed by atoms with E-state index < -0.39 is 0 Å². The summed E-state index contributed by atoms with van der Waals surface area (Å²) in [6, 6.07) is 6.85. The van der Waals surface area contributed by atoms with Gasteiger partial charge >= 0.3 is 0 Å². The molecule has 0 amide bonds. The molecule has 1 rings (SSSR count). The summed E-state index contributed by atoms with van der Waals surface area (Å²) in [4.78, 5) is 0. The summed E-state index contributed by atoms with van der Waals surface area (Å²) in [5.74, 6) is 0. The van der Waals surface area contributed by atoms with Gasteiger partial charge < -0.3 is 5.11 Å². The molecule has 1 N–H and O–H groups in total. The lowest BCUT2D eigenvalue weighted by Gasteiger charge is -2.20. The molecule has 0 heterocycles. The van der Waals surface area contributed by atoms with Gasteiger partial charge in [-0.1, -0.05) is 45.4 Å². The maximum atomic E-state index is 8.74. The quantitative estimate of drug-likeness (QED) is 0.764. The summed E-state index contributed by atoms with van der Waals surface area (Å²) in [5.41, 5.74) is 4.51. The monoisotopic (exact) mass is 234 g/mol. The molecule has 96 valence electrons. The summed E-state index contributed by atoms with van der Waals surface area (Å²) in [5, 5.41) is 8.74. The van der Waals surface area contributed by atoms with Crippen molar-refractivity contribution in [3.8, 4) is 0 Å². The Hall–Kier alpha value is -0.820. The Morgan fingerprint density at radius 1 is 1.06 bits per heavy atom. The van der Waals surface area contributed by atoms with Gasteiger partial charge in [0.15, 0.2) is 0 Å². The minimum atomic E-state index is 0.236. The van der Waals surface area contributed by atoms with Crippen LogP contribution in [0.15, 0.2) is 18.2 Å². The molecule has 0 unspecified atom stereocenters. The smallest absolute Gasteiger partial charge is 0.0431 e. The molecule has 0 aliphatic rings. The lowest BCUT2D eigenvalue weighted by molar-refractivity contribution is 0.283. The third kappa shape index (κ3) is 4.51. The molecule has 0 fully saturated rings. The van der Waals surface area contributed by atoms with Gasteiger partial charge in [0.05, 0.1) is 0 Å². The number of unbranched alkanes of at least 4 members (excludes halogenated alkanes) is 2. The Morgan fingerprint density at radius 2 is 1.76 bits per heavy atom. The van der Waals surface area contributed by atoms with E-state index in [0.717, 1.165) is 19.3 Å². The van der Waals surface area contributed by atoms with Crippen molar-refractivity contribution >= 4 is 0 Å². The Balaban J connectivity index is 2.64. The van der Waals surface area contributed by atoms with E-state index in [1.54, 1.807) is 0 Å². The summed E-state index contributed by atoms with van der Waals surface area (Å²) >= 11 is 0. The Labute approximate surface area is 106 Å². The average Bonchev–Trinajstić information content (AvgIpc) is 2.24. The van der Waals surface area contributed by atoms with E-state index in [0.29, 0.717) is 6.61 Å². The van der Waals surface area contributed by atoms with Crippen LogP contribution in [-0.2, 0) is 11.8 Å². The van der Waals surface area contributed by atoms with Crippen LogP contribution in [0.4, 0.5) is 0 Å². The van der Waals surface area contributed by atoms with Crippen molar-refractivity contribution in [2.45, 2.75) is 58.8 Å². The second-order valence-electron chi connectivity index (χ2n) is 5.93. The van der Waals surface area contributed by atoms with Crippen LogP contribution in [0.5, 0.6) is 0 Å². The number of aliphatic hydroxyl groups excluding tert-OH is 1. The van der Waals surface area contributed by atoms with E-state index in [4.69, 9.17) is 5.11 Å². The van der Waals surface area contributed by atoms with E-state index in [1.165, 1.54) is 23.1 Å². The molecule has 0 atom stereocenters. The largest absolute Gasteiger partial charge is 0.396 e. The van der Waals surface area contributed by atoms with Crippen molar-refractivity contribution < 1.29 is 5.11 Å². The van der Waals surface area contributed by atoms with Gasteiger partial charge in [0.2, 0.25) is 0 Å². The Bertz CT molecular complexity index is 347. The van der Waals surface area contributed by atoms with Gasteiger partial charge in [0, 0.05) is 6.61 Å². The molecule has 0 saturated heterocycles. The van der Waals surface area contributed by atoms with E-state index in [1.807, 2.05) is 0 Å². The zero-order chi connectivity index (χ0) is 12.9. The highest BCUT2D eigenvalue weighted by atomic mass is 16.2. The fourth-order valence-corrected chi connectivity index (χ4v) is 2.05. The topological polar surface area (TPSA) is 20.2 Å². The zero-order valence-corrected chi connectivity index (χ0v) is 11.7. The predicted molar refractivity (Wildman–Crippen MR) is 74.5 cm³/mol. The normalized spacial score (nSPS) is 11.8. The highest BCUT2D eigenvalue weighted by molar-refractivity contribution is 5.34. The highest BCUT2D eigenvalue weighted by Gasteiger charge is 2.14. The summed E-state index contributed by atoms with van der Waals surface area (Å²) in [6.07, 6.45) is 4.36. The molecule has 0 aliphatic carbocycles. The molecule has 1 heteroatoms. The molecule has 1 aromatic rings. The maximum Gasteiger partial charge on any atom is 0.0431 e. The van der Waals surface area contributed by atoms with Crippen molar-refractivity contribution in [1.82, 2.24) is 0 Å². The number of rotatable bonds is 5. The van der Waals surface area contributed by atoms with Gasteiger partial charge in [-0.05, 0) is 48.3 Å². The van der Waals surface area contributed by atoms with E-state index in [-0.39, 0.29) is 5.41 Å². The van der Waals surface area contributed by atoms with Gasteiger partial charge in [-0.2, -0.15) is 0 Å². The maximum absolute atomic E-state index is 8.74. The molecule has 17 heavy (non-hydrogen) atoms. The van der Waals surface area contributed by atoms with Crippen LogP contribution in [0.1, 0.15) is 56.7 Å². The molecule has 0 bridgehead atoms.